The van der Waals surface area contributed by atoms with E-state index in [1.807, 2.05) is 14.1 Å². The first-order valence-corrected chi connectivity index (χ1v) is 11.4. The Kier molecular flexibility index (Phi) is 6.93. The van der Waals surface area contributed by atoms with Gasteiger partial charge in [0.1, 0.15) is 12.1 Å². The molecule has 3 unspecified atom stereocenters. The zero-order chi connectivity index (χ0) is 22.8. The van der Waals surface area contributed by atoms with Gasteiger partial charge in [-0.3, -0.25) is 0 Å². The molecule has 0 radical (unpaired) electrons. The summed E-state index contributed by atoms with van der Waals surface area (Å²) in [7, 11) is 5.57. The molecule has 0 bridgehead atoms. The Labute approximate surface area is 195 Å². The lowest BCUT2D eigenvalue weighted by Crippen LogP contribution is -2.44. The van der Waals surface area contributed by atoms with Gasteiger partial charge in [-0.2, -0.15) is 0 Å². The normalized spacial score (nSPS) is 21.2. The second-order valence-corrected chi connectivity index (χ2v) is 9.37. The Hall–Kier alpha value is -2.29. The van der Waals surface area contributed by atoms with Gasteiger partial charge >= 0.3 is 0 Å². The third-order valence-corrected chi connectivity index (χ3v) is 6.63. The highest BCUT2D eigenvalue weighted by Gasteiger charge is 2.30. The van der Waals surface area contributed by atoms with Crippen LogP contribution >= 0.6 is 15.9 Å². The molecule has 1 heterocycles. The molecular weight excluding hydrogens is 477 g/mol. The molecule has 0 saturated heterocycles. The number of halogens is 2. The topological polar surface area (TPSA) is 67.7 Å². The molecule has 2 aromatic carbocycles. The maximum absolute atomic E-state index is 14.6. The fourth-order valence-corrected chi connectivity index (χ4v) is 4.74. The summed E-state index contributed by atoms with van der Waals surface area (Å²) in [5.41, 5.74) is 1.53. The van der Waals surface area contributed by atoms with Gasteiger partial charge in [0.15, 0.2) is 11.5 Å². The number of hydrogen-bond acceptors (Lipinski definition) is 6. The van der Waals surface area contributed by atoms with E-state index in [-0.39, 0.29) is 23.9 Å². The molecule has 0 spiro atoms. The molecule has 1 aliphatic carbocycles. The van der Waals surface area contributed by atoms with Crippen LogP contribution in [0.5, 0.6) is 11.5 Å². The van der Waals surface area contributed by atoms with Crippen LogP contribution in [0.15, 0.2) is 41.1 Å². The first kappa shape index (κ1) is 22.9. The number of fused-ring (bicyclic) bond motifs is 1. The van der Waals surface area contributed by atoms with E-state index in [0.29, 0.717) is 51.2 Å². The van der Waals surface area contributed by atoms with Crippen LogP contribution in [-0.4, -0.2) is 59.9 Å². The van der Waals surface area contributed by atoms with E-state index in [2.05, 4.69) is 30.8 Å². The van der Waals surface area contributed by atoms with Crippen molar-refractivity contribution in [2.75, 3.05) is 27.8 Å². The van der Waals surface area contributed by atoms with Crippen LogP contribution in [0.2, 0.25) is 0 Å². The van der Waals surface area contributed by atoms with Crippen LogP contribution in [0.4, 0.5) is 4.39 Å². The molecule has 8 heteroatoms. The van der Waals surface area contributed by atoms with Crippen molar-refractivity contribution in [3.8, 4) is 22.8 Å². The number of aliphatic hydroxyl groups excluding tert-OH is 1. The van der Waals surface area contributed by atoms with E-state index >= 15 is 0 Å². The van der Waals surface area contributed by atoms with E-state index in [1.54, 1.807) is 31.4 Å². The predicted octanol–water partition coefficient (Wildman–Crippen LogP) is 4.68. The zero-order valence-corrected chi connectivity index (χ0v) is 20.0. The fourth-order valence-electron chi connectivity index (χ4n) is 4.41. The van der Waals surface area contributed by atoms with Crippen molar-refractivity contribution in [2.45, 2.75) is 31.4 Å². The fraction of sp³-hybridized carbons (Fsp3) is 0.417. The molecule has 170 valence electrons. The van der Waals surface area contributed by atoms with Crippen molar-refractivity contribution >= 4 is 26.8 Å². The average molecular weight is 504 g/mol. The molecule has 0 amide bonds. The smallest absolute Gasteiger partial charge is 0.163 e. The number of aliphatic hydroxyl groups is 1. The highest BCUT2D eigenvalue weighted by molar-refractivity contribution is 9.10. The van der Waals surface area contributed by atoms with Crippen molar-refractivity contribution in [3.05, 3.63) is 46.9 Å². The Morgan fingerprint density at radius 2 is 1.97 bits per heavy atom. The summed E-state index contributed by atoms with van der Waals surface area (Å²) in [5, 5.41) is 11.1. The molecular formula is C24H27BrFN3O3. The Morgan fingerprint density at radius 1 is 1.16 bits per heavy atom. The molecule has 1 fully saturated rings. The van der Waals surface area contributed by atoms with Crippen molar-refractivity contribution < 1.29 is 19.0 Å². The largest absolute Gasteiger partial charge is 0.493 e. The molecule has 1 aliphatic rings. The first-order valence-electron chi connectivity index (χ1n) is 10.6. The number of rotatable bonds is 6. The molecule has 1 saturated carbocycles. The van der Waals surface area contributed by atoms with Gasteiger partial charge < -0.3 is 19.5 Å². The Bertz CT molecular complexity index is 1110. The standard InChI is InChI=1S/C24H27BrFN3O3/c1-29(2)20-7-4-14(8-21(20)30)12-32-23-11-19-17(10-22(23)31-3)24(28-13-27-19)16-6-5-15(25)9-18(16)26/h5-6,9-11,13-14,20-21,30H,4,7-8,12H2,1-3H3. The number of hydrogen-bond donors (Lipinski definition) is 1. The van der Waals surface area contributed by atoms with Gasteiger partial charge in [0, 0.05) is 27.5 Å². The molecule has 32 heavy (non-hydrogen) atoms. The maximum atomic E-state index is 14.6. The lowest BCUT2D eigenvalue weighted by atomic mass is 9.84. The van der Waals surface area contributed by atoms with Crippen LogP contribution in [0.1, 0.15) is 19.3 Å². The quantitative estimate of drug-likeness (QED) is 0.526. The lowest BCUT2D eigenvalue weighted by Gasteiger charge is -2.36. The summed E-state index contributed by atoms with van der Waals surface area (Å²) in [5.74, 6) is 1.00. The summed E-state index contributed by atoms with van der Waals surface area (Å²) < 4.78 is 26.9. The summed E-state index contributed by atoms with van der Waals surface area (Å²) in [6.07, 6.45) is 3.70. The minimum absolute atomic E-state index is 0.190. The average Bonchev–Trinajstić information content (AvgIpc) is 2.76. The summed E-state index contributed by atoms with van der Waals surface area (Å²) in [6, 6.07) is 8.67. The Balaban J connectivity index is 1.59. The predicted molar refractivity (Wildman–Crippen MR) is 126 cm³/mol. The molecule has 1 aromatic heterocycles. The number of ether oxygens (including phenoxy) is 2. The van der Waals surface area contributed by atoms with E-state index in [1.165, 1.54) is 12.4 Å². The minimum Gasteiger partial charge on any atom is -0.493 e. The summed E-state index contributed by atoms with van der Waals surface area (Å²) >= 11 is 3.29. The van der Waals surface area contributed by atoms with Crippen LogP contribution in [0.25, 0.3) is 22.2 Å². The molecule has 3 atom stereocenters. The minimum atomic E-state index is -0.370. The zero-order valence-electron chi connectivity index (χ0n) is 18.4. The van der Waals surface area contributed by atoms with Gasteiger partial charge in [-0.15, -0.1) is 0 Å². The Morgan fingerprint density at radius 3 is 2.66 bits per heavy atom. The number of benzene rings is 2. The third kappa shape index (κ3) is 4.72. The summed E-state index contributed by atoms with van der Waals surface area (Å²) in [6.45, 7) is 0.484. The molecule has 4 rings (SSSR count). The van der Waals surface area contributed by atoms with Gasteiger partial charge in [-0.25, -0.2) is 14.4 Å². The molecule has 6 nitrogen and oxygen atoms in total. The monoisotopic (exact) mass is 503 g/mol. The van der Waals surface area contributed by atoms with Crippen LogP contribution < -0.4 is 9.47 Å². The van der Waals surface area contributed by atoms with Crippen LogP contribution in [0.3, 0.4) is 0 Å². The van der Waals surface area contributed by atoms with Crippen molar-refractivity contribution in [1.29, 1.82) is 0 Å². The lowest BCUT2D eigenvalue weighted by molar-refractivity contribution is 0.0126. The highest BCUT2D eigenvalue weighted by atomic mass is 79.9. The van der Waals surface area contributed by atoms with Gasteiger partial charge in [0.05, 0.1) is 31.0 Å². The van der Waals surface area contributed by atoms with E-state index in [9.17, 15) is 9.50 Å². The summed E-state index contributed by atoms with van der Waals surface area (Å²) in [4.78, 5) is 10.8. The van der Waals surface area contributed by atoms with Gasteiger partial charge in [0.25, 0.3) is 0 Å². The SMILES string of the molecule is COc1cc2c(-c3ccc(Br)cc3F)ncnc2cc1OCC1CCC(N(C)C)C(O)C1. The van der Waals surface area contributed by atoms with Crippen molar-refractivity contribution in [1.82, 2.24) is 14.9 Å². The number of nitrogens with zero attached hydrogens (tertiary/aromatic N) is 3. The van der Waals surface area contributed by atoms with Gasteiger partial charge in [-0.05, 0) is 63.5 Å². The number of likely N-dealkylation sites (N-methyl/N-ethyl adjacent to an activating group) is 1. The number of methoxy groups -OCH3 is 1. The van der Waals surface area contributed by atoms with E-state index in [0.717, 1.165) is 12.8 Å². The first-order chi connectivity index (χ1) is 15.4. The second-order valence-electron chi connectivity index (χ2n) is 8.46. The van der Waals surface area contributed by atoms with Gasteiger partial charge in [0.2, 0.25) is 0 Å². The van der Waals surface area contributed by atoms with Crippen LogP contribution in [0, 0.1) is 11.7 Å². The molecule has 1 N–H and O–H groups in total. The highest BCUT2D eigenvalue weighted by Crippen LogP contribution is 2.37. The second kappa shape index (κ2) is 9.68. The molecule has 3 aromatic rings. The van der Waals surface area contributed by atoms with E-state index < -0.39 is 0 Å². The van der Waals surface area contributed by atoms with Crippen molar-refractivity contribution in [3.63, 3.8) is 0 Å². The van der Waals surface area contributed by atoms with E-state index in [4.69, 9.17) is 9.47 Å². The van der Waals surface area contributed by atoms with Gasteiger partial charge in [-0.1, -0.05) is 15.9 Å². The van der Waals surface area contributed by atoms with Crippen molar-refractivity contribution in [2.24, 2.45) is 5.92 Å². The third-order valence-electron chi connectivity index (χ3n) is 6.13. The maximum Gasteiger partial charge on any atom is 0.163 e. The van der Waals surface area contributed by atoms with Crippen LogP contribution in [-0.2, 0) is 0 Å². The molecule has 0 aliphatic heterocycles. The number of aromatic nitrogens is 2.